The average molecular weight is 256 g/mol. The topological polar surface area (TPSA) is 26.3 Å². The minimum Gasteiger partial charge on any atom is -0.496 e. The molecule has 0 aliphatic heterocycles. The Morgan fingerprint density at radius 2 is 1.68 bits per heavy atom. The summed E-state index contributed by atoms with van der Waals surface area (Å²) in [4.78, 5) is 12.6. The van der Waals surface area contributed by atoms with Crippen LogP contribution < -0.4 is 4.74 Å². The number of hydrogen-bond acceptors (Lipinski definition) is 2. The summed E-state index contributed by atoms with van der Waals surface area (Å²) in [6.45, 7) is 4.13. The molecule has 2 aromatic carbocycles. The molecule has 0 unspecified atom stereocenters. The van der Waals surface area contributed by atoms with Crippen molar-refractivity contribution in [2.45, 2.75) is 26.7 Å². The van der Waals surface area contributed by atoms with Crippen LogP contribution in [0.15, 0.2) is 36.4 Å². The van der Waals surface area contributed by atoms with Gasteiger partial charge in [0, 0.05) is 16.9 Å². The van der Waals surface area contributed by atoms with Gasteiger partial charge in [-0.05, 0) is 30.4 Å². The first-order valence-electron chi connectivity index (χ1n) is 6.82. The molecule has 0 N–H and O–H groups in total. The summed E-state index contributed by atoms with van der Waals surface area (Å²) in [5, 5.41) is 1.99. The molecule has 2 rings (SSSR count). The normalized spacial score (nSPS) is 10.9. The van der Waals surface area contributed by atoms with E-state index in [4.69, 9.17) is 4.74 Å². The number of hydrogen-bond donors (Lipinski definition) is 0. The Bertz CT molecular complexity index is 583. The van der Waals surface area contributed by atoms with Gasteiger partial charge in [-0.3, -0.25) is 4.79 Å². The molecule has 2 aromatic rings. The minimum atomic E-state index is 0.108. The molecule has 0 aliphatic carbocycles. The van der Waals surface area contributed by atoms with E-state index in [-0.39, 0.29) is 11.7 Å². The van der Waals surface area contributed by atoms with Crippen molar-refractivity contribution in [2.24, 2.45) is 5.92 Å². The molecule has 0 fully saturated rings. The predicted octanol–water partition coefficient (Wildman–Crippen LogP) is 4.47. The van der Waals surface area contributed by atoms with E-state index in [1.54, 1.807) is 7.11 Å². The van der Waals surface area contributed by atoms with E-state index in [1.165, 1.54) is 0 Å². The van der Waals surface area contributed by atoms with Gasteiger partial charge in [0.05, 0.1) is 7.11 Å². The van der Waals surface area contributed by atoms with E-state index in [0.717, 1.165) is 34.9 Å². The number of ether oxygens (including phenoxy) is 1. The number of carbonyl (C=O) groups excluding carboxylic acids is 1. The van der Waals surface area contributed by atoms with Gasteiger partial charge in [0.2, 0.25) is 0 Å². The Balaban J connectivity index is 2.59. The molecule has 2 heteroatoms. The van der Waals surface area contributed by atoms with E-state index >= 15 is 0 Å². The Morgan fingerprint density at radius 3 is 2.26 bits per heavy atom. The van der Waals surface area contributed by atoms with Crippen LogP contribution in [0.4, 0.5) is 0 Å². The van der Waals surface area contributed by atoms with Crippen LogP contribution >= 0.6 is 0 Å². The molecule has 0 amide bonds. The molecule has 0 aromatic heterocycles. The highest BCUT2D eigenvalue weighted by molar-refractivity contribution is 6.10. The van der Waals surface area contributed by atoms with Crippen molar-refractivity contribution >= 4 is 16.6 Å². The quantitative estimate of drug-likeness (QED) is 0.738. The zero-order chi connectivity index (χ0) is 13.8. The molecular weight excluding hydrogens is 236 g/mol. The summed E-state index contributed by atoms with van der Waals surface area (Å²) in [7, 11) is 1.66. The molecule has 0 radical (unpaired) electrons. The third-order valence-electron chi connectivity index (χ3n) is 3.73. The summed E-state index contributed by atoms with van der Waals surface area (Å²) < 4.78 is 5.36. The first-order chi connectivity index (χ1) is 9.22. The van der Waals surface area contributed by atoms with Crippen LogP contribution in [-0.4, -0.2) is 12.9 Å². The highest BCUT2D eigenvalue weighted by Gasteiger charge is 2.19. The van der Waals surface area contributed by atoms with E-state index in [1.807, 2.05) is 36.4 Å². The molecule has 2 nitrogen and oxygen atoms in total. The minimum absolute atomic E-state index is 0.108. The SMILES string of the molecule is CCC(CC)C(=O)c1ccc(OC)c2ccccc12. The Morgan fingerprint density at radius 1 is 1.05 bits per heavy atom. The van der Waals surface area contributed by atoms with Crippen LogP contribution in [0.3, 0.4) is 0 Å². The molecule has 0 bridgehead atoms. The number of rotatable bonds is 5. The van der Waals surface area contributed by atoms with Crippen molar-refractivity contribution in [2.75, 3.05) is 7.11 Å². The maximum atomic E-state index is 12.6. The number of carbonyl (C=O) groups is 1. The van der Waals surface area contributed by atoms with E-state index in [9.17, 15) is 4.79 Å². The van der Waals surface area contributed by atoms with Crippen molar-refractivity contribution in [1.29, 1.82) is 0 Å². The van der Waals surface area contributed by atoms with Gasteiger partial charge in [0.15, 0.2) is 5.78 Å². The number of ketones is 1. The first-order valence-corrected chi connectivity index (χ1v) is 6.82. The smallest absolute Gasteiger partial charge is 0.166 e. The monoisotopic (exact) mass is 256 g/mol. The molecule has 0 heterocycles. The number of Topliss-reactive ketones (excluding diaryl/α,β-unsaturated/α-hetero) is 1. The van der Waals surface area contributed by atoms with E-state index < -0.39 is 0 Å². The summed E-state index contributed by atoms with van der Waals surface area (Å²) >= 11 is 0. The predicted molar refractivity (Wildman–Crippen MR) is 78.9 cm³/mol. The zero-order valence-corrected chi connectivity index (χ0v) is 11.8. The largest absolute Gasteiger partial charge is 0.496 e. The second-order valence-corrected chi connectivity index (χ2v) is 4.74. The van der Waals surface area contributed by atoms with Gasteiger partial charge in [-0.15, -0.1) is 0 Å². The molecule has 0 aliphatic rings. The van der Waals surface area contributed by atoms with Crippen LogP contribution in [-0.2, 0) is 0 Å². The second-order valence-electron chi connectivity index (χ2n) is 4.74. The molecule has 19 heavy (non-hydrogen) atoms. The van der Waals surface area contributed by atoms with Crippen LogP contribution in [0.5, 0.6) is 5.75 Å². The van der Waals surface area contributed by atoms with Crippen LogP contribution in [0.1, 0.15) is 37.0 Å². The molecule has 100 valence electrons. The lowest BCUT2D eigenvalue weighted by molar-refractivity contribution is 0.0915. The summed E-state index contributed by atoms with van der Waals surface area (Å²) in [5.74, 6) is 1.16. The maximum absolute atomic E-state index is 12.6. The van der Waals surface area contributed by atoms with Gasteiger partial charge < -0.3 is 4.74 Å². The number of fused-ring (bicyclic) bond motifs is 1. The molecular formula is C17H20O2. The summed E-state index contributed by atoms with van der Waals surface area (Å²) in [6.07, 6.45) is 1.77. The van der Waals surface area contributed by atoms with Crippen molar-refractivity contribution < 1.29 is 9.53 Å². The van der Waals surface area contributed by atoms with Gasteiger partial charge in [0.25, 0.3) is 0 Å². The third kappa shape index (κ3) is 2.48. The highest BCUT2D eigenvalue weighted by atomic mass is 16.5. The van der Waals surface area contributed by atoms with Crippen molar-refractivity contribution in [3.05, 3.63) is 42.0 Å². The molecule has 0 saturated carbocycles. The maximum Gasteiger partial charge on any atom is 0.166 e. The van der Waals surface area contributed by atoms with Gasteiger partial charge in [-0.1, -0.05) is 38.1 Å². The lowest BCUT2D eigenvalue weighted by Gasteiger charge is -2.14. The van der Waals surface area contributed by atoms with Gasteiger partial charge >= 0.3 is 0 Å². The molecule has 0 atom stereocenters. The number of benzene rings is 2. The average Bonchev–Trinajstić information content (AvgIpc) is 2.47. The Labute approximate surface area is 114 Å². The second kappa shape index (κ2) is 5.87. The highest BCUT2D eigenvalue weighted by Crippen LogP contribution is 2.30. The fourth-order valence-electron chi connectivity index (χ4n) is 2.54. The van der Waals surface area contributed by atoms with Gasteiger partial charge in [-0.2, -0.15) is 0 Å². The zero-order valence-electron chi connectivity index (χ0n) is 11.8. The first kappa shape index (κ1) is 13.6. The van der Waals surface area contributed by atoms with Crippen LogP contribution in [0.25, 0.3) is 10.8 Å². The van der Waals surface area contributed by atoms with E-state index in [2.05, 4.69) is 13.8 Å². The van der Waals surface area contributed by atoms with E-state index in [0.29, 0.717) is 0 Å². The fraction of sp³-hybridized carbons (Fsp3) is 0.353. The summed E-state index contributed by atoms with van der Waals surface area (Å²) in [6, 6.07) is 11.7. The number of methoxy groups -OCH3 is 1. The van der Waals surface area contributed by atoms with Gasteiger partial charge in [-0.25, -0.2) is 0 Å². The Kier molecular flexibility index (Phi) is 4.20. The lowest BCUT2D eigenvalue weighted by Crippen LogP contribution is -2.13. The standard InChI is InChI=1S/C17H20O2/c1-4-12(5-2)17(18)15-10-11-16(19-3)14-9-7-6-8-13(14)15/h6-12H,4-5H2,1-3H3. The van der Waals surface area contributed by atoms with Crippen LogP contribution in [0.2, 0.25) is 0 Å². The summed E-state index contributed by atoms with van der Waals surface area (Å²) in [5.41, 5.74) is 0.810. The van der Waals surface area contributed by atoms with Crippen molar-refractivity contribution in [1.82, 2.24) is 0 Å². The van der Waals surface area contributed by atoms with Crippen molar-refractivity contribution in [3.63, 3.8) is 0 Å². The fourth-order valence-corrected chi connectivity index (χ4v) is 2.54. The lowest BCUT2D eigenvalue weighted by atomic mass is 9.90. The molecule has 0 saturated heterocycles. The van der Waals surface area contributed by atoms with Crippen LogP contribution in [0, 0.1) is 5.92 Å². The van der Waals surface area contributed by atoms with Gasteiger partial charge in [0.1, 0.15) is 5.75 Å². The third-order valence-corrected chi connectivity index (χ3v) is 3.73. The Hall–Kier alpha value is -1.83. The van der Waals surface area contributed by atoms with Crippen molar-refractivity contribution in [3.8, 4) is 5.75 Å². The molecule has 0 spiro atoms.